The predicted octanol–water partition coefficient (Wildman–Crippen LogP) is 1.08. The van der Waals surface area contributed by atoms with Gasteiger partial charge in [-0.2, -0.15) is 0 Å². The van der Waals surface area contributed by atoms with E-state index in [0.29, 0.717) is 18.7 Å². The summed E-state index contributed by atoms with van der Waals surface area (Å²) >= 11 is 0. The van der Waals surface area contributed by atoms with Crippen LogP contribution in [0.4, 0.5) is 0 Å². The zero-order valence-corrected chi connectivity index (χ0v) is 12.8. The minimum Gasteiger partial charge on any atom is -0.352 e. The molecule has 0 bridgehead atoms. The van der Waals surface area contributed by atoms with Crippen molar-refractivity contribution >= 4 is 24.2 Å². The van der Waals surface area contributed by atoms with Crippen molar-refractivity contribution in [1.82, 2.24) is 16.0 Å². The molecule has 1 aromatic rings. The van der Waals surface area contributed by atoms with Crippen LogP contribution in [0.1, 0.15) is 29.8 Å². The standard InChI is InChI=1S/C14H21N3O2.ClH/c1-10(15-3)8-17-14(19)13-6-4-12(5-7-13)9-16-11(2)18;/h4-7,10,15H,8-9H2,1-3H3,(H,16,18)(H,17,19);1H. The average Bonchev–Trinajstić information content (AvgIpc) is 2.42. The van der Waals surface area contributed by atoms with Gasteiger partial charge in [0.1, 0.15) is 0 Å². The smallest absolute Gasteiger partial charge is 0.251 e. The van der Waals surface area contributed by atoms with Crippen LogP contribution in [0, 0.1) is 0 Å². The van der Waals surface area contributed by atoms with Crippen LogP contribution in [0.2, 0.25) is 0 Å². The molecule has 0 heterocycles. The Morgan fingerprint density at radius 1 is 1.15 bits per heavy atom. The van der Waals surface area contributed by atoms with Crippen LogP contribution in [-0.4, -0.2) is 31.4 Å². The molecule has 1 rings (SSSR count). The molecule has 0 fully saturated rings. The maximum atomic E-state index is 11.8. The summed E-state index contributed by atoms with van der Waals surface area (Å²) in [7, 11) is 1.85. The number of likely N-dealkylation sites (N-methyl/N-ethyl adjacent to an activating group) is 1. The lowest BCUT2D eigenvalue weighted by atomic mass is 10.1. The second-order valence-corrected chi connectivity index (χ2v) is 4.51. The second-order valence-electron chi connectivity index (χ2n) is 4.51. The van der Waals surface area contributed by atoms with Crippen molar-refractivity contribution in [3.63, 3.8) is 0 Å². The van der Waals surface area contributed by atoms with Crippen molar-refractivity contribution < 1.29 is 9.59 Å². The maximum Gasteiger partial charge on any atom is 0.251 e. The molecular weight excluding hydrogens is 278 g/mol. The van der Waals surface area contributed by atoms with Gasteiger partial charge >= 0.3 is 0 Å². The first-order valence-electron chi connectivity index (χ1n) is 6.31. The first-order valence-corrected chi connectivity index (χ1v) is 6.31. The molecule has 2 amide bonds. The van der Waals surface area contributed by atoms with E-state index in [1.165, 1.54) is 6.92 Å². The summed E-state index contributed by atoms with van der Waals surface area (Å²) in [5.74, 6) is -0.156. The zero-order chi connectivity index (χ0) is 14.3. The molecule has 20 heavy (non-hydrogen) atoms. The van der Waals surface area contributed by atoms with E-state index in [9.17, 15) is 9.59 Å². The lowest BCUT2D eigenvalue weighted by molar-refractivity contribution is -0.119. The molecule has 6 heteroatoms. The van der Waals surface area contributed by atoms with Crippen LogP contribution in [0.15, 0.2) is 24.3 Å². The number of carbonyl (C=O) groups is 2. The molecule has 0 aliphatic carbocycles. The molecule has 0 aromatic heterocycles. The van der Waals surface area contributed by atoms with Gasteiger partial charge in [0.2, 0.25) is 5.91 Å². The van der Waals surface area contributed by atoms with Gasteiger partial charge < -0.3 is 16.0 Å². The zero-order valence-electron chi connectivity index (χ0n) is 12.0. The molecule has 0 spiro atoms. The number of benzene rings is 1. The molecule has 5 nitrogen and oxygen atoms in total. The van der Waals surface area contributed by atoms with Gasteiger partial charge in [-0.15, -0.1) is 12.4 Å². The molecule has 1 unspecified atom stereocenters. The highest BCUT2D eigenvalue weighted by molar-refractivity contribution is 5.94. The number of rotatable bonds is 6. The first-order chi connectivity index (χ1) is 9.02. The van der Waals surface area contributed by atoms with Crippen LogP contribution in [0.3, 0.4) is 0 Å². The first kappa shape index (κ1) is 18.4. The van der Waals surface area contributed by atoms with Gasteiger partial charge in [-0.3, -0.25) is 9.59 Å². The Morgan fingerprint density at radius 2 is 1.75 bits per heavy atom. The molecule has 1 aromatic carbocycles. The van der Waals surface area contributed by atoms with Crippen molar-refractivity contribution in [2.24, 2.45) is 0 Å². The summed E-state index contributed by atoms with van der Waals surface area (Å²) in [5.41, 5.74) is 1.59. The van der Waals surface area contributed by atoms with Gasteiger partial charge in [0.25, 0.3) is 5.91 Å². The number of hydrogen-bond donors (Lipinski definition) is 3. The van der Waals surface area contributed by atoms with E-state index < -0.39 is 0 Å². The third-order valence-electron chi connectivity index (χ3n) is 2.82. The molecule has 0 radical (unpaired) electrons. The second kappa shape index (κ2) is 9.34. The quantitative estimate of drug-likeness (QED) is 0.736. The Hall–Kier alpha value is -1.59. The van der Waals surface area contributed by atoms with E-state index in [4.69, 9.17) is 0 Å². The van der Waals surface area contributed by atoms with E-state index in [1.807, 2.05) is 26.1 Å². The topological polar surface area (TPSA) is 70.2 Å². The summed E-state index contributed by atoms with van der Waals surface area (Å²) < 4.78 is 0. The fraction of sp³-hybridized carbons (Fsp3) is 0.429. The van der Waals surface area contributed by atoms with Gasteiger partial charge in [0.05, 0.1) is 0 Å². The highest BCUT2D eigenvalue weighted by Crippen LogP contribution is 2.04. The molecule has 0 aliphatic heterocycles. The third-order valence-corrected chi connectivity index (χ3v) is 2.82. The monoisotopic (exact) mass is 299 g/mol. The van der Waals surface area contributed by atoms with E-state index in [-0.39, 0.29) is 30.3 Å². The molecule has 0 saturated carbocycles. The van der Waals surface area contributed by atoms with Gasteiger partial charge in [-0.05, 0) is 31.7 Å². The molecule has 112 valence electrons. The highest BCUT2D eigenvalue weighted by Gasteiger charge is 2.06. The van der Waals surface area contributed by atoms with Crippen LogP contribution in [-0.2, 0) is 11.3 Å². The molecule has 3 N–H and O–H groups in total. The number of amides is 2. The molecule has 0 saturated heterocycles. The number of halogens is 1. The Morgan fingerprint density at radius 3 is 2.25 bits per heavy atom. The fourth-order valence-electron chi connectivity index (χ4n) is 1.45. The van der Waals surface area contributed by atoms with E-state index >= 15 is 0 Å². The van der Waals surface area contributed by atoms with Crippen LogP contribution in [0.5, 0.6) is 0 Å². The highest BCUT2D eigenvalue weighted by atomic mass is 35.5. The average molecular weight is 300 g/mol. The van der Waals surface area contributed by atoms with Crippen molar-refractivity contribution in [3.05, 3.63) is 35.4 Å². The summed E-state index contributed by atoms with van der Waals surface area (Å²) in [6.45, 7) is 4.54. The molecular formula is C14H22ClN3O2. The van der Waals surface area contributed by atoms with Crippen LogP contribution < -0.4 is 16.0 Å². The van der Waals surface area contributed by atoms with Crippen molar-refractivity contribution in [3.8, 4) is 0 Å². The van der Waals surface area contributed by atoms with Gasteiger partial charge in [0.15, 0.2) is 0 Å². The Balaban J connectivity index is 0.00000361. The van der Waals surface area contributed by atoms with Crippen LogP contribution >= 0.6 is 12.4 Å². The summed E-state index contributed by atoms with van der Waals surface area (Å²) in [5, 5.41) is 8.61. The largest absolute Gasteiger partial charge is 0.352 e. The minimum absolute atomic E-state index is 0. The van der Waals surface area contributed by atoms with Gasteiger partial charge in [-0.1, -0.05) is 12.1 Å². The Labute approximate surface area is 125 Å². The SMILES string of the molecule is CNC(C)CNC(=O)c1ccc(CNC(C)=O)cc1.Cl. The summed E-state index contributed by atoms with van der Waals surface area (Å²) in [6, 6.07) is 7.44. The number of hydrogen-bond acceptors (Lipinski definition) is 3. The third kappa shape index (κ3) is 6.54. The predicted molar refractivity (Wildman–Crippen MR) is 82.1 cm³/mol. The van der Waals surface area contributed by atoms with Gasteiger partial charge in [-0.25, -0.2) is 0 Å². The van der Waals surface area contributed by atoms with Gasteiger partial charge in [0, 0.05) is 31.6 Å². The van der Waals surface area contributed by atoms with E-state index in [2.05, 4.69) is 16.0 Å². The Bertz CT molecular complexity index is 435. The number of carbonyl (C=O) groups excluding carboxylic acids is 2. The van der Waals surface area contributed by atoms with Crippen molar-refractivity contribution in [1.29, 1.82) is 0 Å². The van der Waals surface area contributed by atoms with Crippen LogP contribution in [0.25, 0.3) is 0 Å². The normalized spacial score (nSPS) is 11.2. The van der Waals surface area contributed by atoms with E-state index in [0.717, 1.165) is 5.56 Å². The fourth-order valence-corrected chi connectivity index (χ4v) is 1.45. The summed E-state index contributed by atoms with van der Waals surface area (Å²) in [4.78, 5) is 22.6. The lowest BCUT2D eigenvalue weighted by Gasteiger charge is -2.11. The van der Waals surface area contributed by atoms with Crippen molar-refractivity contribution in [2.75, 3.05) is 13.6 Å². The lowest BCUT2D eigenvalue weighted by Crippen LogP contribution is -2.37. The van der Waals surface area contributed by atoms with E-state index in [1.54, 1.807) is 12.1 Å². The minimum atomic E-state index is -0.0897. The maximum absolute atomic E-state index is 11.8. The van der Waals surface area contributed by atoms with Crippen molar-refractivity contribution in [2.45, 2.75) is 26.4 Å². The summed E-state index contributed by atoms with van der Waals surface area (Å²) in [6.07, 6.45) is 0. The molecule has 1 atom stereocenters. The number of nitrogens with one attached hydrogen (secondary N) is 3. The molecule has 0 aliphatic rings. The Kier molecular flexibility index (Phi) is 8.59.